The fraction of sp³-hybridized carbons (Fsp3) is 0.556. The summed E-state index contributed by atoms with van der Waals surface area (Å²) >= 11 is 0. The van der Waals surface area contributed by atoms with E-state index >= 15 is 0 Å². The maximum Gasteiger partial charge on any atom is 0.223 e. The van der Waals surface area contributed by atoms with E-state index in [1.807, 2.05) is 0 Å². The first-order chi connectivity index (χ1) is 6.90. The number of rotatable bonds is 4. The standard InChI is InChI=1S/C9H17N5O/c1-9(2,15)5-12-7-4-6(11-3)13-8(10)14-7/h4,15H,5H2,1-3H3,(H4,10,11,12,13,14). The lowest BCUT2D eigenvalue weighted by Crippen LogP contribution is -2.29. The molecule has 6 nitrogen and oxygen atoms in total. The quantitative estimate of drug-likeness (QED) is 0.571. The second-order valence-corrected chi connectivity index (χ2v) is 3.91. The zero-order chi connectivity index (χ0) is 11.5. The van der Waals surface area contributed by atoms with Gasteiger partial charge in [-0.2, -0.15) is 9.97 Å². The zero-order valence-electron chi connectivity index (χ0n) is 9.20. The normalized spacial score (nSPS) is 11.2. The number of hydrogen-bond donors (Lipinski definition) is 4. The van der Waals surface area contributed by atoms with Gasteiger partial charge in [-0.05, 0) is 13.8 Å². The van der Waals surface area contributed by atoms with Crippen LogP contribution < -0.4 is 16.4 Å². The largest absolute Gasteiger partial charge is 0.389 e. The maximum absolute atomic E-state index is 9.52. The number of anilines is 3. The van der Waals surface area contributed by atoms with E-state index in [9.17, 15) is 5.11 Å². The summed E-state index contributed by atoms with van der Waals surface area (Å²) in [5.74, 6) is 1.43. The van der Waals surface area contributed by atoms with Crippen molar-refractivity contribution in [3.63, 3.8) is 0 Å². The van der Waals surface area contributed by atoms with Gasteiger partial charge in [-0.25, -0.2) is 0 Å². The minimum atomic E-state index is -0.792. The third kappa shape index (κ3) is 3.99. The van der Waals surface area contributed by atoms with E-state index in [1.54, 1.807) is 27.0 Å². The molecule has 15 heavy (non-hydrogen) atoms. The molecule has 0 unspecified atom stereocenters. The first-order valence-electron chi connectivity index (χ1n) is 4.69. The third-order valence-corrected chi connectivity index (χ3v) is 1.70. The van der Waals surface area contributed by atoms with E-state index in [2.05, 4.69) is 20.6 Å². The maximum atomic E-state index is 9.52. The second kappa shape index (κ2) is 4.31. The van der Waals surface area contributed by atoms with E-state index in [4.69, 9.17) is 5.73 Å². The summed E-state index contributed by atoms with van der Waals surface area (Å²) in [4.78, 5) is 7.94. The fourth-order valence-electron chi connectivity index (χ4n) is 0.991. The predicted molar refractivity (Wildman–Crippen MR) is 60.8 cm³/mol. The number of nitrogens with zero attached hydrogens (tertiary/aromatic N) is 2. The molecule has 0 aliphatic carbocycles. The van der Waals surface area contributed by atoms with Gasteiger partial charge >= 0.3 is 0 Å². The SMILES string of the molecule is CNc1cc(NCC(C)(C)O)nc(N)n1. The molecule has 0 radical (unpaired) electrons. The van der Waals surface area contributed by atoms with Crippen LogP contribution in [0.3, 0.4) is 0 Å². The molecule has 0 aromatic carbocycles. The Morgan fingerprint density at radius 3 is 2.53 bits per heavy atom. The Kier molecular flexibility index (Phi) is 3.31. The molecule has 0 aliphatic rings. The van der Waals surface area contributed by atoms with Crippen LogP contribution in [0, 0.1) is 0 Å². The molecule has 1 rings (SSSR count). The zero-order valence-corrected chi connectivity index (χ0v) is 9.20. The summed E-state index contributed by atoms with van der Waals surface area (Å²) < 4.78 is 0. The molecule has 0 aliphatic heterocycles. The first kappa shape index (κ1) is 11.5. The summed E-state index contributed by atoms with van der Waals surface area (Å²) in [7, 11) is 1.75. The van der Waals surface area contributed by atoms with Gasteiger partial charge in [-0.1, -0.05) is 0 Å². The van der Waals surface area contributed by atoms with Crippen molar-refractivity contribution in [1.29, 1.82) is 0 Å². The number of nitrogens with two attached hydrogens (primary N) is 1. The smallest absolute Gasteiger partial charge is 0.223 e. The third-order valence-electron chi connectivity index (χ3n) is 1.70. The minimum absolute atomic E-state index is 0.195. The van der Waals surface area contributed by atoms with Crippen molar-refractivity contribution in [3.05, 3.63) is 6.07 Å². The highest BCUT2D eigenvalue weighted by atomic mass is 16.3. The molecule has 0 spiro atoms. The van der Waals surface area contributed by atoms with Gasteiger partial charge in [0.25, 0.3) is 0 Å². The summed E-state index contributed by atoms with van der Waals surface area (Å²) in [5, 5.41) is 15.4. The van der Waals surface area contributed by atoms with Crippen LogP contribution in [0.4, 0.5) is 17.6 Å². The molecule has 0 atom stereocenters. The van der Waals surface area contributed by atoms with Gasteiger partial charge in [0.2, 0.25) is 5.95 Å². The van der Waals surface area contributed by atoms with Crippen molar-refractivity contribution in [2.45, 2.75) is 19.4 Å². The van der Waals surface area contributed by atoms with Crippen LogP contribution >= 0.6 is 0 Å². The van der Waals surface area contributed by atoms with Gasteiger partial charge in [-0.3, -0.25) is 0 Å². The first-order valence-corrected chi connectivity index (χ1v) is 4.69. The molecule has 0 saturated heterocycles. The Morgan fingerprint density at radius 1 is 1.40 bits per heavy atom. The molecule has 0 saturated carbocycles. The van der Waals surface area contributed by atoms with Crippen molar-refractivity contribution < 1.29 is 5.11 Å². The molecular formula is C9H17N5O. The fourth-order valence-corrected chi connectivity index (χ4v) is 0.991. The van der Waals surface area contributed by atoms with Gasteiger partial charge < -0.3 is 21.5 Å². The molecule has 1 aromatic rings. The molecule has 84 valence electrons. The van der Waals surface area contributed by atoms with Crippen LogP contribution in [0.2, 0.25) is 0 Å². The Labute approximate surface area is 88.9 Å². The van der Waals surface area contributed by atoms with Crippen LogP contribution in [0.15, 0.2) is 6.07 Å². The monoisotopic (exact) mass is 211 g/mol. The number of nitrogen functional groups attached to an aromatic ring is 1. The van der Waals surface area contributed by atoms with Gasteiger partial charge in [0.05, 0.1) is 5.60 Å². The van der Waals surface area contributed by atoms with Crippen LogP contribution in [-0.2, 0) is 0 Å². The molecule has 1 aromatic heterocycles. The number of hydrogen-bond acceptors (Lipinski definition) is 6. The van der Waals surface area contributed by atoms with Gasteiger partial charge in [0.15, 0.2) is 0 Å². The van der Waals surface area contributed by atoms with Crippen LogP contribution in [0.1, 0.15) is 13.8 Å². The van der Waals surface area contributed by atoms with E-state index in [0.717, 1.165) is 0 Å². The number of aliphatic hydroxyl groups is 1. The number of nitrogens with one attached hydrogen (secondary N) is 2. The predicted octanol–water partition coefficient (Wildman–Crippen LogP) is 0.283. The second-order valence-electron chi connectivity index (χ2n) is 3.91. The molecule has 0 amide bonds. The average molecular weight is 211 g/mol. The summed E-state index contributed by atoms with van der Waals surface area (Å²) in [6.07, 6.45) is 0. The highest BCUT2D eigenvalue weighted by molar-refractivity contribution is 5.50. The van der Waals surface area contributed by atoms with Gasteiger partial charge in [0.1, 0.15) is 11.6 Å². The Bertz CT molecular complexity index is 334. The van der Waals surface area contributed by atoms with Crippen LogP contribution in [0.5, 0.6) is 0 Å². The minimum Gasteiger partial charge on any atom is -0.389 e. The van der Waals surface area contributed by atoms with Crippen molar-refractivity contribution in [2.75, 3.05) is 30.0 Å². The molecule has 0 bridgehead atoms. The van der Waals surface area contributed by atoms with Crippen molar-refractivity contribution >= 4 is 17.6 Å². The molecular weight excluding hydrogens is 194 g/mol. The van der Waals surface area contributed by atoms with E-state index in [-0.39, 0.29) is 5.95 Å². The summed E-state index contributed by atoms with van der Waals surface area (Å²) in [6.45, 7) is 3.82. The summed E-state index contributed by atoms with van der Waals surface area (Å²) in [6, 6.07) is 1.72. The Morgan fingerprint density at radius 2 is 2.00 bits per heavy atom. The lowest BCUT2D eigenvalue weighted by atomic mass is 10.1. The average Bonchev–Trinajstić information content (AvgIpc) is 2.13. The highest BCUT2D eigenvalue weighted by Crippen LogP contribution is 2.12. The lowest BCUT2D eigenvalue weighted by Gasteiger charge is -2.18. The molecule has 0 fully saturated rings. The van der Waals surface area contributed by atoms with Crippen molar-refractivity contribution in [3.8, 4) is 0 Å². The molecule has 6 heteroatoms. The topological polar surface area (TPSA) is 96.1 Å². The van der Waals surface area contributed by atoms with Crippen LogP contribution in [-0.4, -0.2) is 34.3 Å². The number of aromatic nitrogens is 2. The summed E-state index contributed by atoms with van der Waals surface area (Å²) in [5.41, 5.74) is 4.72. The van der Waals surface area contributed by atoms with E-state index < -0.39 is 5.60 Å². The molecule has 1 heterocycles. The van der Waals surface area contributed by atoms with E-state index in [1.165, 1.54) is 0 Å². The Balaban J connectivity index is 2.73. The Hall–Kier alpha value is -1.56. The highest BCUT2D eigenvalue weighted by Gasteiger charge is 2.12. The van der Waals surface area contributed by atoms with E-state index in [0.29, 0.717) is 18.2 Å². The van der Waals surface area contributed by atoms with Crippen LogP contribution in [0.25, 0.3) is 0 Å². The van der Waals surface area contributed by atoms with Gasteiger partial charge in [0, 0.05) is 19.7 Å². The lowest BCUT2D eigenvalue weighted by molar-refractivity contribution is 0.0944. The van der Waals surface area contributed by atoms with Gasteiger partial charge in [-0.15, -0.1) is 0 Å². The molecule has 5 N–H and O–H groups in total. The van der Waals surface area contributed by atoms with Crippen molar-refractivity contribution in [1.82, 2.24) is 9.97 Å². The van der Waals surface area contributed by atoms with Crippen molar-refractivity contribution in [2.24, 2.45) is 0 Å².